The number of aromatic nitrogens is 1. The number of anilines is 1. The lowest BCUT2D eigenvalue weighted by Crippen LogP contribution is -2.36. The summed E-state index contributed by atoms with van der Waals surface area (Å²) in [5.74, 6) is 0.900. The van der Waals surface area contributed by atoms with Gasteiger partial charge in [-0.3, -0.25) is 0 Å². The van der Waals surface area contributed by atoms with Crippen LogP contribution in [-0.4, -0.2) is 22.7 Å². The summed E-state index contributed by atoms with van der Waals surface area (Å²) < 4.78 is 1.03. The first-order valence-electron chi connectivity index (χ1n) is 6.05. The molecule has 3 nitrogen and oxygen atoms in total. The van der Waals surface area contributed by atoms with Gasteiger partial charge < -0.3 is 10.4 Å². The molecule has 4 heteroatoms. The zero-order valence-electron chi connectivity index (χ0n) is 10.3. The lowest BCUT2D eigenvalue weighted by Gasteiger charge is -2.30. The van der Waals surface area contributed by atoms with E-state index in [1.807, 2.05) is 12.3 Å². The highest BCUT2D eigenvalue weighted by molar-refractivity contribution is 9.10. The van der Waals surface area contributed by atoms with Crippen molar-refractivity contribution >= 4 is 21.7 Å². The maximum atomic E-state index is 9.50. The molecule has 0 amide bonds. The van der Waals surface area contributed by atoms with Crippen LogP contribution in [0.25, 0.3) is 0 Å². The number of aliphatic hydroxyl groups excluding tert-OH is 1. The third-order valence-corrected chi connectivity index (χ3v) is 4.64. The number of hydrogen-bond donors (Lipinski definition) is 2. The lowest BCUT2D eigenvalue weighted by molar-refractivity contribution is 0.139. The number of halogens is 1. The molecule has 0 radical (unpaired) electrons. The predicted molar refractivity (Wildman–Crippen MR) is 73.1 cm³/mol. The van der Waals surface area contributed by atoms with Crippen LogP contribution in [0.15, 0.2) is 16.7 Å². The van der Waals surface area contributed by atoms with Crippen LogP contribution in [0, 0.1) is 12.3 Å². The summed E-state index contributed by atoms with van der Waals surface area (Å²) in [7, 11) is 0. The van der Waals surface area contributed by atoms with Gasteiger partial charge in [0.1, 0.15) is 5.82 Å². The molecule has 1 aliphatic carbocycles. The van der Waals surface area contributed by atoms with E-state index < -0.39 is 0 Å². The zero-order chi connectivity index (χ0) is 12.5. The average Bonchev–Trinajstić information content (AvgIpc) is 2.67. The number of aryl methyl sites for hydroxylation is 1. The van der Waals surface area contributed by atoms with E-state index >= 15 is 0 Å². The molecule has 0 aromatic carbocycles. The zero-order valence-corrected chi connectivity index (χ0v) is 11.9. The van der Waals surface area contributed by atoms with Gasteiger partial charge in [-0.15, -0.1) is 0 Å². The van der Waals surface area contributed by atoms with Crippen molar-refractivity contribution in [2.24, 2.45) is 5.41 Å². The Labute approximate surface area is 111 Å². The van der Waals surface area contributed by atoms with E-state index in [1.54, 1.807) is 0 Å². The molecule has 2 N–H and O–H groups in total. The van der Waals surface area contributed by atoms with Crippen LogP contribution >= 0.6 is 15.9 Å². The van der Waals surface area contributed by atoms with Crippen LogP contribution < -0.4 is 5.32 Å². The second-order valence-corrected chi connectivity index (χ2v) is 6.07. The fourth-order valence-electron chi connectivity index (χ4n) is 2.47. The molecule has 1 heterocycles. The first kappa shape index (κ1) is 12.8. The van der Waals surface area contributed by atoms with Crippen LogP contribution in [0.1, 0.15) is 31.7 Å². The maximum Gasteiger partial charge on any atom is 0.126 e. The minimum Gasteiger partial charge on any atom is -0.396 e. The Morgan fingerprint density at radius 1 is 1.65 bits per heavy atom. The minimum absolute atomic E-state index is 0.0113. The van der Waals surface area contributed by atoms with Gasteiger partial charge in [0.05, 0.1) is 6.61 Å². The third kappa shape index (κ3) is 2.63. The molecule has 1 aromatic heterocycles. The van der Waals surface area contributed by atoms with Gasteiger partial charge in [0.15, 0.2) is 0 Å². The Hall–Kier alpha value is -0.610. The summed E-state index contributed by atoms with van der Waals surface area (Å²) in [6.07, 6.45) is 5.18. The van der Waals surface area contributed by atoms with Crippen molar-refractivity contribution in [3.63, 3.8) is 0 Å². The number of nitrogens with zero attached hydrogens (tertiary/aromatic N) is 1. The summed E-state index contributed by atoms with van der Waals surface area (Å²) in [5, 5.41) is 13.0. The average molecular weight is 299 g/mol. The molecule has 2 atom stereocenters. The van der Waals surface area contributed by atoms with Crippen LogP contribution in [0.5, 0.6) is 0 Å². The quantitative estimate of drug-likeness (QED) is 0.901. The molecule has 17 heavy (non-hydrogen) atoms. The van der Waals surface area contributed by atoms with Crippen molar-refractivity contribution in [1.82, 2.24) is 4.98 Å². The van der Waals surface area contributed by atoms with Gasteiger partial charge in [-0.2, -0.15) is 0 Å². The number of aliphatic hydroxyl groups is 1. The lowest BCUT2D eigenvalue weighted by atomic mass is 9.86. The number of hydrogen-bond acceptors (Lipinski definition) is 3. The molecule has 0 bridgehead atoms. The Bertz CT molecular complexity index is 410. The third-order valence-electron chi connectivity index (χ3n) is 3.81. The Morgan fingerprint density at radius 2 is 2.41 bits per heavy atom. The van der Waals surface area contributed by atoms with E-state index in [4.69, 9.17) is 0 Å². The van der Waals surface area contributed by atoms with Gasteiger partial charge >= 0.3 is 0 Å². The fourth-order valence-corrected chi connectivity index (χ4v) is 2.68. The molecule has 94 valence electrons. The van der Waals surface area contributed by atoms with E-state index in [0.717, 1.165) is 23.1 Å². The van der Waals surface area contributed by atoms with Crippen molar-refractivity contribution in [3.05, 3.63) is 22.3 Å². The summed E-state index contributed by atoms with van der Waals surface area (Å²) in [4.78, 5) is 4.36. The van der Waals surface area contributed by atoms with Crippen molar-refractivity contribution in [2.45, 2.75) is 39.2 Å². The second-order valence-electron chi connectivity index (χ2n) is 5.22. The Morgan fingerprint density at radius 3 is 3.06 bits per heavy atom. The van der Waals surface area contributed by atoms with Gasteiger partial charge in [-0.05, 0) is 47.3 Å². The second kappa shape index (κ2) is 4.94. The number of pyridine rings is 1. The van der Waals surface area contributed by atoms with Crippen molar-refractivity contribution in [1.29, 1.82) is 0 Å². The molecular formula is C13H19BrN2O. The van der Waals surface area contributed by atoms with Crippen molar-refractivity contribution in [3.8, 4) is 0 Å². The van der Waals surface area contributed by atoms with Gasteiger partial charge in [0, 0.05) is 22.1 Å². The van der Waals surface area contributed by atoms with Crippen LogP contribution in [0.4, 0.5) is 5.82 Å². The Balaban J connectivity index is 2.12. The van der Waals surface area contributed by atoms with E-state index in [2.05, 4.69) is 40.1 Å². The van der Waals surface area contributed by atoms with E-state index in [9.17, 15) is 5.11 Å². The molecule has 0 saturated heterocycles. The highest BCUT2D eigenvalue weighted by Gasteiger charge is 2.38. The molecule has 0 aliphatic heterocycles. The summed E-state index contributed by atoms with van der Waals surface area (Å²) in [6.45, 7) is 4.43. The molecular weight excluding hydrogens is 280 g/mol. The van der Waals surface area contributed by atoms with E-state index in [-0.39, 0.29) is 12.0 Å². The maximum absolute atomic E-state index is 9.50. The van der Waals surface area contributed by atoms with Gasteiger partial charge in [0.2, 0.25) is 0 Å². The summed E-state index contributed by atoms with van der Waals surface area (Å²) in [6, 6.07) is 2.36. The van der Waals surface area contributed by atoms with Crippen LogP contribution in [-0.2, 0) is 0 Å². The summed E-state index contributed by atoms with van der Waals surface area (Å²) >= 11 is 3.45. The first-order chi connectivity index (χ1) is 8.05. The number of rotatable bonds is 3. The highest BCUT2D eigenvalue weighted by Crippen LogP contribution is 2.39. The van der Waals surface area contributed by atoms with Crippen molar-refractivity contribution in [2.75, 3.05) is 11.9 Å². The SMILES string of the molecule is Cc1cc(NC2CCCC2(C)CO)ncc1Br. The standard InChI is InChI=1S/C13H19BrN2O/c1-9-6-12(15-7-10(9)14)16-11-4-3-5-13(11,2)8-17/h6-7,11,17H,3-5,8H2,1-2H3,(H,15,16). The monoisotopic (exact) mass is 298 g/mol. The first-order valence-corrected chi connectivity index (χ1v) is 6.84. The predicted octanol–water partition coefficient (Wildman–Crippen LogP) is 3.12. The summed E-state index contributed by atoms with van der Waals surface area (Å²) in [5.41, 5.74) is 1.16. The van der Waals surface area contributed by atoms with E-state index in [1.165, 1.54) is 12.0 Å². The topological polar surface area (TPSA) is 45.1 Å². The largest absolute Gasteiger partial charge is 0.396 e. The van der Waals surface area contributed by atoms with Crippen LogP contribution in [0.2, 0.25) is 0 Å². The molecule has 1 fully saturated rings. The van der Waals surface area contributed by atoms with Crippen LogP contribution in [0.3, 0.4) is 0 Å². The normalized spacial score (nSPS) is 28.4. The fraction of sp³-hybridized carbons (Fsp3) is 0.615. The smallest absolute Gasteiger partial charge is 0.126 e. The molecule has 0 spiro atoms. The molecule has 1 saturated carbocycles. The molecule has 2 unspecified atom stereocenters. The molecule has 2 rings (SSSR count). The molecule has 1 aliphatic rings. The highest BCUT2D eigenvalue weighted by atomic mass is 79.9. The number of nitrogens with one attached hydrogen (secondary N) is 1. The van der Waals surface area contributed by atoms with Gasteiger partial charge in [-0.1, -0.05) is 13.3 Å². The minimum atomic E-state index is -0.0113. The molecule has 1 aromatic rings. The van der Waals surface area contributed by atoms with Crippen molar-refractivity contribution < 1.29 is 5.11 Å². The van der Waals surface area contributed by atoms with E-state index in [0.29, 0.717) is 6.04 Å². The Kier molecular flexibility index (Phi) is 3.73. The van der Waals surface area contributed by atoms with Gasteiger partial charge in [0.25, 0.3) is 0 Å². The van der Waals surface area contributed by atoms with Gasteiger partial charge in [-0.25, -0.2) is 4.98 Å².